The lowest BCUT2D eigenvalue weighted by Gasteiger charge is -2.38. The van der Waals surface area contributed by atoms with Gasteiger partial charge in [0.25, 0.3) is 5.95 Å². The Morgan fingerprint density at radius 1 is 1.19 bits per heavy atom. The molecule has 0 aliphatic carbocycles. The fourth-order valence-corrected chi connectivity index (χ4v) is 2.64. The summed E-state index contributed by atoms with van der Waals surface area (Å²) in [6.07, 6.45) is 6.44. The molecule has 2 aromatic heterocycles. The van der Waals surface area contributed by atoms with Gasteiger partial charge in [0.15, 0.2) is 0 Å². The van der Waals surface area contributed by atoms with Crippen LogP contribution in [-0.2, 0) is 0 Å². The zero-order valence-corrected chi connectivity index (χ0v) is 13.0. The van der Waals surface area contributed by atoms with Crippen LogP contribution in [0.3, 0.4) is 0 Å². The highest BCUT2D eigenvalue weighted by atomic mass is 35.5. The fourth-order valence-electron chi connectivity index (χ4n) is 2.48. The Balaban J connectivity index is 1.83. The lowest BCUT2D eigenvalue weighted by molar-refractivity contribution is 0.237. The summed E-state index contributed by atoms with van der Waals surface area (Å²) in [7, 11) is 0. The van der Waals surface area contributed by atoms with E-state index < -0.39 is 0 Å². The van der Waals surface area contributed by atoms with E-state index in [1.165, 1.54) is 17.4 Å². The van der Waals surface area contributed by atoms with E-state index in [4.69, 9.17) is 11.6 Å². The van der Waals surface area contributed by atoms with E-state index in [0.717, 1.165) is 25.9 Å². The molecule has 0 aromatic carbocycles. The average Bonchev–Trinajstić information content (AvgIpc) is 3.02. The molecule has 3 rings (SSSR count). The minimum Gasteiger partial charge on any atom is -0.341 e. The number of piperidine rings is 1. The summed E-state index contributed by atoms with van der Waals surface area (Å²) in [5.41, 5.74) is 0.419. The molecule has 0 N–H and O–H groups in total. The highest BCUT2D eigenvalue weighted by molar-refractivity contribution is 6.28. The Bertz CT molecular complexity index is 605. The van der Waals surface area contributed by atoms with Crippen LogP contribution in [0, 0.1) is 5.41 Å². The molecule has 0 saturated carbocycles. The van der Waals surface area contributed by atoms with Crippen molar-refractivity contribution in [3.8, 4) is 5.95 Å². The van der Waals surface area contributed by atoms with Gasteiger partial charge >= 0.3 is 0 Å². The van der Waals surface area contributed by atoms with Gasteiger partial charge in [0.05, 0.1) is 0 Å². The topological polar surface area (TPSA) is 72.6 Å². The summed E-state index contributed by atoms with van der Waals surface area (Å²) in [4.78, 5) is 18.8. The number of nitrogens with zero attached hydrogens (tertiary/aromatic N) is 7. The van der Waals surface area contributed by atoms with Gasteiger partial charge in [-0.3, -0.25) is 0 Å². The Kier molecular flexibility index (Phi) is 3.75. The molecule has 0 amide bonds. The maximum atomic E-state index is 6.02. The van der Waals surface area contributed by atoms with Crippen molar-refractivity contribution >= 4 is 17.5 Å². The molecule has 8 heteroatoms. The Morgan fingerprint density at radius 3 is 2.52 bits per heavy atom. The van der Waals surface area contributed by atoms with E-state index in [2.05, 4.69) is 43.8 Å². The van der Waals surface area contributed by atoms with Gasteiger partial charge in [0, 0.05) is 13.1 Å². The van der Waals surface area contributed by atoms with Gasteiger partial charge in [-0.05, 0) is 29.9 Å². The van der Waals surface area contributed by atoms with E-state index in [1.807, 2.05) is 0 Å². The first-order valence-electron chi connectivity index (χ1n) is 7.11. The molecular formula is C13H18ClN7. The average molecular weight is 308 g/mol. The summed E-state index contributed by atoms with van der Waals surface area (Å²) >= 11 is 6.02. The van der Waals surface area contributed by atoms with Gasteiger partial charge in [-0.1, -0.05) is 20.3 Å². The highest BCUT2D eigenvalue weighted by Gasteiger charge is 2.29. The van der Waals surface area contributed by atoms with Gasteiger partial charge in [-0.2, -0.15) is 24.7 Å². The SMILES string of the molecule is CCC1(C)CCN(c2nc(Cl)nc(-n3cncn3)n2)CC1. The monoisotopic (exact) mass is 307 g/mol. The van der Waals surface area contributed by atoms with Crippen LogP contribution >= 0.6 is 11.6 Å². The number of aromatic nitrogens is 6. The van der Waals surface area contributed by atoms with E-state index in [0.29, 0.717) is 17.3 Å². The molecule has 3 heterocycles. The van der Waals surface area contributed by atoms with Crippen molar-refractivity contribution in [1.82, 2.24) is 29.7 Å². The van der Waals surface area contributed by atoms with Crippen LogP contribution in [0.5, 0.6) is 0 Å². The molecule has 1 aliphatic rings. The van der Waals surface area contributed by atoms with E-state index >= 15 is 0 Å². The minimum atomic E-state index is 0.175. The summed E-state index contributed by atoms with van der Waals surface area (Å²) in [6, 6.07) is 0. The fraction of sp³-hybridized carbons (Fsp3) is 0.615. The number of anilines is 1. The van der Waals surface area contributed by atoms with Crippen LogP contribution in [0.25, 0.3) is 5.95 Å². The van der Waals surface area contributed by atoms with Crippen molar-refractivity contribution in [3.05, 3.63) is 17.9 Å². The third-order valence-corrected chi connectivity index (χ3v) is 4.48. The summed E-state index contributed by atoms with van der Waals surface area (Å²) in [5.74, 6) is 1.00. The van der Waals surface area contributed by atoms with Crippen molar-refractivity contribution in [2.45, 2.75) is 33.1 Å². The molecule has 0 atom stereocenters. The first-order valence-corrected chi connectivity index (χ1v) is 7.49. The predicted molar refractivity (Wildman–Crippen MR) is 79.6 cm³/mol. The normalized spacial score (nSPS) is 18.0. The van der Waals surface area contributed by atoms with Gasteiger partial charge in [-0.25, -0.2) is 4.98 Å². The zero-order chi connectivity index (χ0) is 14.9. The van der Waals surface area contributed by atoms with Gasteiger partial charge < -0.3 is 4.90 Å². The standard InChI is InChI=1S/C13H18ClN7/c1-3-13(2)4-6-20(7-5-13)11-17-10(14)18-12(19-11)21-9-15-8-16-21/h8-9H,3-7H2,1-2H3. The third-order valence-electron chi connectivity index (χ3n) is 4.32. The molecule has 0 radical (unpaired) electrons. The van der Waals surface area contributed by atoms with Crippen LogP contribution in [-0.4, -0.2) is 42.8 Å². The molecule has 1 saturated heterocycles. The second-order valence-corrected chi connectivity index (χ2v) is 6.03. The molecule has 7 nitrogen and oxygen atoms in total. The molecule has 1 aliphatic heterocycles. The smallest absolute Gasteiger partial charge is 0.258 e. The molecule has 0 unspecified atom stereocenters. The maximum absolute atomic E-state index is 6.02. The van der Waals surface area contributed by atoms with Gasteiger partial charge in [0.2, 0.25) is 11.2 Å². The molecule has 112 valence electrons. The Morgan fingerprint density at radius 2 is 1.90 bits per heavy atom. The Labute approximate surface area is 128 Å². The van der Waals surface area contributed by atoms with Gasteiger partial charge in [0.1, 0.15) is 12.7 Å². The molecule has 2 aromatic rings. The number of rotatable bonds is 3. The zero-order valence-electron chi connectivity index (χ0n) is 12.2. The van der Waals surface area contributed by atoms with Crippen molar-refractivity contribution in [3.63, 3.8) is 0 Å². The Hall–Kier alpha value is -1.76. The lowest BCUT2D eigenvalue weighted by Crippen LogP contribution is -2.39. The first-order chi connectivity index (χ1) is 10.1. The second kappa shape index (κ2) is 5.55. The van der Waals surface area contributed by atoms with E-state index in [1.54, 1.807) is 6.33 Å². The first kappa shape index (κ1) is 14.2. The van der Waals surface area contributed by atoms with Crippen molar-refractivity contribution in [2.75, 3.05) is 18.0 Å². The van der Waals surface area contributed by atoms with Crippen LogP contribution in [0.2, 0.25) is 5.28 Å². The largest absolute Gasteiger partial charge is 0.341 e. The molecule has 1 fully saturated rings. The van der Waals surface area contributed by atoms with E-state index in [9.17, 15) is 0 Å². The maximum Gasteiger partial charge on any atom is 0.258 e. The van der Waals surface area contributed by atoms with Crippen molar-refractivity contribution in [2.24, 2.45) is 5.41 Å². The van der Waals surface area contributed by atoms with Crippen molar-refractivity contribution in [1.29, 1.82) is 0 Å². The lowest BCUT2D eigenvalue weighted by atomic mass is 9.78. The minimum absolute atomic E-state index is 0.175. The number of hydrogen-bond acceptors (Lipinski definition) is 6. The second-order valence-electron chi connectivity index (χ2n) is 5.70. The van der Waals surface area contributed by atoms with Crippen LogP contribution in [0.1, 0.15) is 33.1 Å². The summed E-state index contributed by atoms with van der Waals surface area (Å²) in [6.45, 7) is 6.45. The summed E-state index contributed by atoms with van der Waals surface area (Å²) < 4.78 is 1.48. The van der Waals surface area contributed by atoms with Crippen LogP contribution in [0.4, 0.5) is 5.95 Å². The number of halogens is 1. The van der Waals surface area contributed by atoms with Crippen molar-refractivity contribution < 1.29 is 0 Å². The molecule has 21 heavy (non-hydrogen) atoms. The molecular weight excluding hydrogens is 290 g/mol. The quantitative estimate of drug-likeness (QED) is 0.865. The number of hydrogen-bond donors (Lipinski definition) is 0. The van der Waals surface area contributed by atoms with E-state index in [-0.39, 0.29) is 5.28 Å². The summed E-state index contributed by atoms with van der Waals surface area (Å²) in [5, 5.41) is 4.20. The van der Waals surface area contributed by atoms with Crippen LogP contribution < -0.4 is 4.90 Å². The highest BCUT2D eigenvalue weighted by Crippen LogP contribution is 2.34. The molecule has 0 spiro atoms. The molecule has 0 bridgehead atoms. The van der Waals surface area contributed by atoms with Crippen LogP contribution in [0.15, 0.2) is 12.7 Å². The third kappa shape index (κ3) is 2.97. The predicted octanol–water partition coefficient (Wildman–Crippen LogP) is 2.12. The van der Waals surface area contributed by atoms with Gasteiger partial charge in [-0.15, -0.1) is 0 Å².